The van der Waals surface area contributed by atoms with Crippen molar-refractivity contribution in [2.75, 3.05) is 18.0 Å². The highest BCUT2D eigenvalue weighted by Gasteiger charge is 2.31. The van der Waals surface area contributed by atoms with E-state index in [9.17, 15) is 10.0 Å². The van der Waals surface area contributed by atoms with E-state index in [-0.39, 0.29) is 17.9 Å². The van der Waals surface area contributed by atoms with Gasteiger partial charge < -0.3 is 10.0 Å². The summed E-state index contributed by atoms with van der Waals surface area (Å²) in [6.45, 7) is 15.4. The summed E-state index contributed by atoms with van der Waals surface area (Å²) in [5, 5.41) is 17.3. The molecule has 0 saturated carbocycles. The van der Waals surface area contributed by atoms with Crippen LogP contribution in [0.1, 0.15) is 40.5 Å². The number of nitrogens with zero attached hydrogens (tertiary/aromatic N) is 6. The lowest BCUT2D eigenvalue weighted by Gasteiger charge is -2.30. The van der Waals surface area contributed by atoms with Gasteiger partial charge >= 0.3 is 0 Å². The van der Waals surface area contributed by atoms with E-state index in [0.717, 1.165) is 0 Å². The molecular weight excluding hydrogens is 336 g/mol. The molecule has 1 unspecified atom stereocenters. The molecule has 1 saturated heterocycles. The van der Waals surface area contributed by atoms with Gasteiger partial charge in [-0.2, -0.15) is 0 Å². The molecular formula is C17H24N6O3. The first-order chi connectivity index (χ1) is 12.3. The molecule has 1 aliphatic heterocycles. The number of hydrogen-bond acceptors (Lipinski definition) is 5. The van der Waals surface area contributed by atoms with Crippen LogP contribution in [0.2, 0.25) is 0 Å². The van der Waals surface area contributed by atoms with Gasteiger partial charge in [-0.3, -0.25) is 14.7 Å². The Morgan fingerprint density at radius 3 is 2.77 bits per heavy atom. The molecule has 9 heteroatoms. The zero-order valence-electron chi connectivity index (χ0n) is 15.5. The summed E-state index contributed by atoms with van der Waals surface area (Å²) in [5.74, 6) is 0.355. The summed E-state index contributed by atoms with van der Waals surface area (Å²) in [7, 11) is 0. The van der Waals surface area contributed by atoms with Gasteiger partial charge in [-0.05, 0) is 33.8 Å². The number of carbonyl (C=O) groups excluding carboxylic acids is 1. The summed E-state index contributed by atoms with van der Waals surface area (Å²) in [4.78, 5) is 27.1. The molecule has 0 bridgehead atoms. The third-order valence-corrected chi connectivity index (χ3v) is 4.06. The number of piperidine rings is 1. The molecule has 0 aliphatic carbocycles. The van der Waals surface area contributed by atoms with Crippen molar-refractivity contribution in [3.63, 3.8) is 0 Å². The second kappa shape index (κ2) is 7.99. The number of hydrazine groups is 1. The second-order valence-corrected chi connectivity index (χ2v) is 6.97. The van der Waals surface area contributed by atoms with Crippen LogP contribution in [0.5, 0.6) is 0 Å². The zero-order chi connectivity index (χ0) is 19.3. The minimum atomic E-state index is -0.448. The van der Waals surface area contributed by atoms with Gasteiger partial charge in [0.05, 0.1) is 30.0 Å². The van der Waals surface area contributed by atoms with E-state index in [1.54, 1.807) is 17.0 Å². The van der Waals surface area contributed by atoms with Crippen LogP contribution < -0.4 is 4.90 Å². The molecule has 1 fully saturated rings. The predicted octanol–water partition coefficient (Wildman–Crippen LogP) is 3.06. The van der Waals surface area contributed by atoms with Crippen LogP contribution in [0.4, 0.5) is 11.5 Å². The number of amides is 1. The average Bonchev–Trinajstić information content (AvgIpc) is 2.59. The van der Waals surface area contributed by atoms with Crippen molar-refractivity contribution < 1.29 is 14.6 Å². The molecule has 0 aromatic carbocycles. The van der Waals surface area contributed by atoms with Crippen LogP contribution in [0.3, 0.4) is 0 Å². The number of rotatable bonds is 5. The summed E-state index contributed by atoms with van der Waals surface area (Å²) in [5.41, 5.74) is 0.0409. The first-order valence-corrected chi connectivity index (χ1v) is 8.51. The lowest BCUT2D eigenvalue weighted by Crippen LogP contribution is -2.46. The van der Waals surface area contributed by atoms with E-state index in [0.29, 0.717) is 36.0 Å². The van der Waals surface area contributed by atoms with E-state index in [2.05, 4.69) is 15.1 Å². The first-order valence-electron chi connectivity index (χ1n) is 8.51. The minimum absolute atomic E-state index is 0.116. The van der Waals surface area contributed by atoms with Gasteiger partial charge in [0.2, 0.25) is 16.9 Å². The van der Waals surface area contributed by atoms with Crippen LogP contribution in [-0.2, 0) is 9.63 Å². The molecule has 1 aliphatic rings. The van der Waals surface area contributed by atoms with Crippen molar-refractivity contribution in [1.29, 1.82) is 0 Å². The van der Waals surface area contributed by atoms with Crippen molar-refractivity contribution in [2.45, 2.75) is 52.2 Å². The Bertz CT molecular complexity index is 705. The summed E-state index contributed by atoms with van der Waals surface area (Å²) < 4.78 is 0. The Hall–Kier alpha value is -2.89. The van der Waals surface area contributed by atoms with Crippen molar-refractivity contribution in [1.82, 2.24) is 9.99 Å². The number of aromatic nitrogens is 1. The number of carbonyl (C=O) groups is 1. The van der Waals surface area contributed by atoms with Gasteiger partial charge in [-0.15, -0.1) is 5.01 Å². The van der Waals surface area contributed by atoms with Gasteiger partial charge in [0, 0.05) is 19.2 Å². The molecule has 1 aromatic heterocycles. The first kappa shape index (κ1) is 19.4. The highest BCUT2D eigenvalue weighted by atomic mass is 16.7. The van der Waals surface area contributed by atoms with E-state index >= 15 is 0 Å². The smallest absolute Gasteiger partial charge is 0.233 e. The fraction of sp³-hybridized carbons (Fsp3) is 0.588. The largest absolute Gasteiger partial charge is 0.569 e. The molecule has 1 aromatic rings. The number of hydrogen-bond donors (Lipinski definition) is 0. The Kier molecular flexibility index (Phi) is 5.97. The van der Waals surface area contributed by atoms with Crippen LogP contribution in [0, 0.1) is 11.8 Å². The number of anilines is 1. The monoisotopic (exact) mass is 360 g/mol. The molecule has 9 nitrogen and oxygen atoms in total. The molecule has 140 valence electrons. The Morgan fingerprint density at radius 2 is 2.27 bits per heavy atom. The Labute approximate surface area is 153 Å². The SMILES string of the molecule is [C-]#[N+]c1ccc(N2CCC(O/N=[N+](\[O-])N(CC)C(C)(C)C)CC2=O)nc1. The summed E-state index contributed by atoms with van der Waals surface area (Å²) in [6, 6.07) is 3.28. The molecule has 0 N–H and O–H groups in total. The van der Waals surface area contributed by atoms with Crippen molar-refractivity contribution in [2.24, 2.45) is 5.28 Å². The zero-order valence-corrected chi connectivity index (χ0v) is 15.5. The third kappa shape index (κ3) is 4.59. The van der Waals surface area contributed by atoms with E-state index in [1.807, 2.05) is 27.7 Å². The fourth-order valence-corrected chi connectivity index (χ4v) is 2.74. The maximum absolute atomic E-state index is 12.4. The maximum Gasteiger partial charge on any atom is 0.233 e. The molecule has 1 amide bonds. The van der Waals surface area contributed by atoms with Crippen LogP contribution >= 0.6 is 0 Å². The quantitative estimate of drug-likeness (QED) is 0.348. The van der Waals surface area contributed by atoms with E-state index in [4.69, 9.17) is 11.4 Å². The van der Waals surface area contributed by atoms with Crippen molar-refractivity contribution in [3.8, 4) is 0 Å². The Balaban J connectivity index is 1.97. The van der Waals surface area contributed by atoms with Gasteiger partial charge in [0.1, 0.15) is 11.9 Å². The van der Waals surface area contributed by atoms with Crippen molar-refractivity contribution in [3.05, 3.63) is 35.0 Å². The minimum Gasteiger partial charge on any atom is -0.569 e. The van der Waals surface area contributed by atoms with Crippen molar-refractivity contribution >= 4 is 17.4 Å². The van der Waals surface area contributed by atoms with E-state index in [1.165, 1.54) is 11.2 Å². The third-order valence-electron chi connectivity index (χ3n) is 4.06. The normalized spacial score (nSPS) is 18.4. The highest BCUT2D eigenvalue weighted by Crippen LogP contribution is 2.23. The molecule has 0 spiro atoms. The van der Waals surface area contributed by atoms with Gasteiger partial charge in [-0.25, -0.2) is 4.85 Å². The molecule has 0 radical (unpaired) electrons. The average molecular weight is 360 g/mol. The van der Waals surface area contributed by atoms with Gasteiger partial charge in [0.15, 0.2) is 0 Å². The number of pyridine rings is 1. The summed E-state index contributed by atoms with van der Waals surface area (Å²) >= 11 is 0. The fourth-order valence-electron chi connectivity index (χ4n) is 2.74. The summed E-state index contributed by atoms with van der Waals surface area (Å²) in [6.07, 6.45) is 1.65. The maximum atomic E-state index is 12.4. The molecule has 2 rings (SSSR count). The Morgan fingerprint density at radius 1 is 1.54 bits per heavy atom. The predicted molar refractivity (Wildman–Crippen MR) is 95.1 cm³/mol. The topological polar surface area (TPSA) is 88.5 Å². The lowest BCUT2D eigenvalue weighted by atomic mass is 10.1. The molecule has 2 heterocycles. The standard InChI is InChI=1S/C17H24N6O3/c1-6-22(17(2,3)4)23(25)20-26-14-9-10-21(16(24)11-14)15-8-7-13(18-5)12-19-15/h7-8,12,14H,6,9-11H2,1-4H3/b23-20-. The second-order valence-electron chi connectivity index (χ2n) is 6.97. The lowest BCUT2D eigenvalue weighted by molar-refractivity contribution is -0.725. The van der Waals surface area contributed by atoms with Crippen LogP contribution in [-0.4, -0.2) is 45.6 Å². The molecule has 26 heavy (non-hydrogen) atoms. The van der Waals surface area contributed by atoms with Gasteiger partial charge in [-0.1, -0.05) is 6.07 Å². The molecule has 1 atom stereocenters. The van der Waals surface area contributed by atoms with E-state index < -0.39 is 6.10 Å². The van der Waals surface area contributed by atoms with Crippen LogP contribution in [0.15, 0.2) is 23.6 Å². The highest BCUT2D eigenvalue weighted by molar-refractivity contribution is 5.93. The van der Waals surface area contributed by atoms with Crippen LogP contribution in [0.25, 0.3) is 4.85 Å². The van der Waals surface area contributed by atoms with Gasteiger partial charge in [0.25, 0.3) is 0 Å².